The Morgan fingerprint density at radius 2 is 2.11 bits per heavy atom. The van der Waals surface area contributed by atoms with Crippen molar-refractivity contribution in [3.63, 3.8) is 0 Å². The van der Waals surface area contributed by atoms with Crippen LogP contribution in [0, 0.1) is 0 Å². The van der Waals surface area contributed by atoms with Gasteiger partial charge in [-0.05, 0) is 31.5 Å². The third-order valence-corrected chi connectivity index (χ3v) is 3.27. The van der Waals surface area contributed by atoms with Crippen LogP contribution < -0.4 is 4.90 Å². The zero-order valence-electron chi connectivity index (χ0n) is 11.7. The summed E-state index contributed by atoms with van der Waals surface area (Å²) in [7, 11) is 2.01. The lowest BCUT2D eigenvalue weighted by Crippen LogP contribution is -2.20. The first kappa shape index (κ1) is 15.8. The van der Waals surface area contributed by atoms with Crippen molar-refractivity contribution in [2.24, 2.45) is 0 Å². The van der Waals surface area contributed by atoms with Gasteiger partial charge in [-0.15, -0.1) is 0 Å². The second-order valence-corrected chi connectivity index (χ2v) is 5.20. The quantitative estimate of drug-likeness (QED) is 0.587. The lowest BCUT2D eigenvalue weighted by atomic mass is 10.0. The van der Waals surface area contributed by atoms with E-state index in [4.69, 9.17) is 4.74 Å². The molecule has 0 amide bonds. The van der Waals surface area contributed by atoms with Crippen molar-refractivity contribution in [1.82, 2.24) is 0 Å². The van der Waals surface area contributed by atoms with Gasteiger partial charge in [0.05, 0.1) is 12.2 Å². The number of rotatable bonds is 6. The Morgan fingerprint density at radius 1 is 1.42 bits per heavy atom. The lowest BCUT2D eigenvalue weighted by molar-refractivity contribution is -0.136. The van der Waals surface area contributed by atoms with E-state index in [0.29, 0.717) is 12.2 Å². The topological polar surface area (TPSA) is 29.5 Å². The van der Waals surface area contributed by atoms with E-state index in [9.17, 15) is 4.79 Å². The number of halogens is 1. The summed E-state index contributed by atoms with van der Waals surface area (Å²) < 4.78 is 5.94. The van der Waals surface area contributed by atoms with Crippen molar-refractivity contribution in [2.75, 3.05) is 25.1 Å². The molecule has 0 aliphatic heterocycles. The molecule has 0 saturated carbocycles. The van der Waals surface area contributed by atoms with E-state index in [-0.39, 0.29) is 5.97 Å². The minimum atomic E-state index is -0.369. The molecule has 1 rings (SSSR count). The van der Waals surface area contributed by atoms with Gasteiger partial charge in [0.2, 0.25) is 0 Å². The van der Waals surface area contributed by atoms with Crippen LogP contribution in [0.5, 0.6) is 0 Å². The third-order valence-electron chi connectivity index (χ3n) is 2.78. The maximum atomic E-state index is 11.8. The van der Waals surface area contributed by atoms with Crippen molar-refractivity contribution in [3.05, 3.63) is 34.8 Å². The monoisotopic (exact) mass is 325 g/mol. The Balaban J connectivity index is 3.13. The molecule has 1 aromatic rings. The fourth-order valence-corrected chi connectivity index (χ4v) is 2.23. The van der Waals surface area contributed by atoms with Gasteiger partial charge in [-0.2, -0.15) is 0 Å². The van der Waals surface area contributed by atoms with Crippen LogP contribution >= 0.6 is 15.9 Å². The van der Waals surface area contributed by atoms with E-state index in [1.165, 1.54) is 0 Å². The molecule has 104 valence electrons. The van der Waals surface area contributed by atoms with Crippen LogP contribution in [-0.2, 0) is 9.53 Å². The molecule has 0 heterocycles. The van der Waals surface area contributed by atoms with Crippen molar-refractivity contribution in [1.29, 1.82) is 0 Å². The molecule has 0 fully saturated rings. The number of carbonyl (C=O) groups is 1. The molecule has 0 aliphatic carbocycles. The van der Waals surface area contributed by atoms with Gasteiger partial charge in [-0.25, -0.2) is 4.79 Å². The smallest absolute Gasteiger partial charge is 0.338 e. The van der Waals surface area contributed by atoms with Gasteiger partial charge in [0.15, 0.2) is 0 Å². The first-order chi connectivity index (χ1) is 9.01. The number of anilines is 1. The molecule has 0 bridgehead atoms. The van der Waals surface area contributed by atoms with Gasteiger partial charge in [-0.3, -0.25) is 0 Å². The molecule has 4 heteroatoms. The summed E-state index contributed by atoms with van der Waals surface area (Å²) in [5.74, 6) is -0.369. The van der Waals surface area contributed by atoms with Gasteiger partial charge in [0.1, 0.15) is 0 Å². The Kier molecular flexibility index (Phi) is 6.09. The molecule has 0 unspecified atom stereocenters. The number of hydrogen-bond donors (Lipinski definition) is 0. The second kappa shape index (κ2) is 7.34. The van der Waals surface area contributed by atoms with Gasteiger partial charge in [0, 0.05) is 29.3 Å². The molecule has 0 spiro atoms. The number of benzene rings is 1. The maximum Gasteiger partial charge on any atom is 0.338 e. The first-order valence-corrected chi connectivity index (χ1v) is 7.17. The van der Waals surface area contributed by atoms with Crippen LogP contribution in [-0.4, -0.2) is 26.2 Å². The van der Waals surface area contributed by atoms with E-state index in [1.807, 2.05) is 25.2 Å². The van der Waals surface area contributed by atoms with Gasteiger partial charge in [0.25, 0.3) is 0 Å². The largest absolute Gasteiger partial charge is 0.462 e. The number of carbonyl (C=O) groups excluding carboxylic acids is 1. The number of esters is 1. The van der Waals surface area contributed by atoms with Crippen molar-refractivity contribution in [2.45, 2.75) is 20.3 Å². The van der Waals surface area contributed by atoms with E-state index in [2.05, 4.69) is 34.3 Å². The highest BCUT2D eigenvalue weighted by Crippen LogP contribution is 2.29. The predicted octanol–water partition coefficient (Wildman–Crippen LogP) is 3.87. The molecule has 0 aromatic heterocycles. The molecule has 0 atom stereocenters. The Labute approximate surface area is 123 Å². The van der Waals surface area contributed by atoms with Crippen LogP contribution in [0.25, 0.3) is 5.57 Å². The summed E-state index contributed by atoms with van der Waals surface area (Å²) in [5.41, 5.74) is 2.19. The summed E-state index contributed by atoms with van der Waals surface area (Å²) in [6.07, 6.45) is 1.04. The molecule has 19 heavy (non-hydrogen) atoms. The number of ether oxygens (including phenoxy) is 1. The Morgan fingerprint density at radius 3 is 2.68 bits per heavy atom. The summed E-state index contributed by atoms with van der Waals surface area (Å²) in [4.78, 5) is 13.9. The first-order valence-electron chi connectivity index (χ1n) is 6.38. The second-order valence-electron chi connectivity index (χ2n) is 4.28. The molecule has 0 saturated heterocycles. The van der Waals surface area contributed by atoms with E-state index in [0.717, 1.165) is 28.7 Å². The lowest BCUT2D eigenvalue weighted by Gasteiger charge is -2.22. The molecule has 0 radical (unpaired) electrons. The average Bonchev–Trinajstić information content (AvgIpc) is 2.38. The minimum Gasteiger partial charge on any atom is -0.462 e. The van der Waals surface area contributed by atoms with Crippen LogP contribution in [0.4, 0.5) is 5.69 Å². The van der Waals surface area contributed by atoms with Crippen LogP contribution in [0.2, 0.25) is 0 Å². The minimum absolute atomic E-state index is 0.353. The zero-order chi connectivity index (χ0) is 14.4. The fourth-order valence-electron chi connectivity index (χ4n) is 1.87. The van der Waals surface area contributed by atoms with E-state index >= 15 is 0 Å². The molecule has 3 nitrogen and oxygen atoms in total. The predicted molar refractivity (Wildman–Crippen MR) is 83.4 cm³/mol. The molecule has 1 aromatic carbocycles. The average molecular weight is 326 g/mol. The standard InChI is InChI=1S/C15H20BrNO2/c1-5-9-17(4)14-8-7-12(16)10-13(14)11(3)15(18)19-6-2/h7-8,10H,3,5-6,9H2,1-2,4H3. The van der Waals surface area contributed by atoms with Crippen LogP contribution in [0.1, 0.15) is 25.8 Å². The van der Waals surface area contributed by atoms with Crippen molar-refractivity contribution < 1.29 is 9.53 Å². The highest BCUT2D eigenvalue weighted by Gasteiger charge is 2.16. The van der Waals surface area contributed by atoms with E-state index < -0.39 is 0 Å². The van der Waals surface area contributed by atoms with Crippen molar-refractivity contribution in [3.8, 4) is 0 Å². The summed E-state index contributed by atoms with van der Waals surface area (Å²) in [6, 6.07) is 5.85. The molecule has 0 aliphatic rings. The highest BCUT2D eigenvalue weighted by atomic mass is 79.9. The number of hydrogen-bond acceptors (Lipinski definition) is 3. The molecular weight excluding hydrogens is 306 g/mol. The Bertz CT molecular complexity index is 471. The van der Waals surface area contributed by atoms with Crippen molar-refractivity contribution >= 4 is 33.2 Å². The zero-order valence-corrected chi connectivity index (χ0v) is 13.3. The summed E-state index contributed by atoms with van der Waals surface area (Å²) >= 11 is 3.43. The highest BCUT2D eigenvalue weighted by molar-refractivity contribution is 9.10. The van der Waals surface area contributed by atoms with E-state index in [1.54, 1.807) is 6.92 Å². The fraction of sp³-hybridized carbons (Fsp3) is 0.400. The molecular formula is C15H20BrNO2. The van der Waals surface area contributed by atoms with Gasteiger partial charge < -0.3 is 9.64 Å². The number of nitrogens with zero attached hydrogens (tertiary/aromatic N) is 1. The molecule has 0 N–H and O–H groups in total. The van der Waals surface area contributed by atoms with Crippen LogP contribution in [0.3, 0.4) is 0 Å². The summed E-state index contributed by atoms with van der Waals surface area (Å²) in [6.45, 7) is 9.05. The Hall–Kier alpha value is -1.29. The normalized spacial score (nSPS) is 10.1. The van der Waals surface area contributed by atoms with Crippen LogP contribution in [0.15, 0.2) is 29.3 Å². The third kappa shape index (κ3) is 4.10. The maximum absolute atomic E-state index is 11.8. The SMILES string of the molecule is C=C(C(=O)OCC)c1cc(Br)ccc1N(C)CCC. The summed E-state index contributed by atoms with van der Waals surface area (Å²) in [5, 5.41) is 0. The van der Waals surface area contributed by atoms with Gasteiger partial charge in [-0.1, -0.05) is 29.4 Å². The van der Waals surface area contributed by atoms with Gasteiger partial charge >= 0.3 is 5.97 Å².